The fourth-order valence-electron chi connectivity index (χ4n) is 6.18. The van der Waals surface area contributed by atoms with Crippen LogP contribution >= 0.6 is 11.6 Å². The van der Waals surface area contributed by atoms with Crippen molar-refractivity contribution in [3.05, 3.63) is 29.3 Å². The van der Waals surface area contributed by atoms with E-state index in [0.717, 1.165) is 11.8 Å². The van der Waals surface area contributed by atoms with Crippen LogP contribution in [0.1, 0.15) is 32.1 Å². The van der Waals surface area contributed by atoms with Crippen LogP contribution in [0.2, 0.25) is 5.02 Å². The first-order valence-corrected chi connectivity index (χ1v) is 12.0. The monoisotopic (exact) mass is 423 g/mol. The van der Waals surface area contributed by atoms with Gasteiger partial charge in [0.25, 0.3) is 0 Å². The van der Waals surface area contributed by atoms with Gasteiger partial charge in [-0.3, -0.25) is 9.10 Å². The Bertz CT molecular complexity index is 862. The maximum absolute atomic E-state index is 12.9. The molecule has 6 nitrogen and oxygen atoms in total. The lowest BCUT2D eigenvalue weighted by atomic mass is 9.54. The molecule has 28 heavy (non-hydrogen) atoms. The quantitative estimate of drug-likeness (QED) is 0.809. The van der Waals surface area contributed by atoms with Crippen molar-refractivity contribution in [1.29, 1.82) is 0 Å². The van der Waals surface area contributed by atoms with Crippen LogP contribution in [0.3, 0.4) is 0 Å². The molecular weight excluding hydrogens is 398 g/mol. The number of benzene rings is 1. The molecule has 0 atom stereocenters. The molecule has 1 aromatic carbocycles. The van der Waals surface area contributed by atoms with Gasteiger partial charge in [-0.2, -0.15) is 12.7 Å². The number of nitrogens with zero attached hydrogens (tertiary/aromatic N) is 2. The Hall–Kier alpha value is -1.31. The Labute approximate surface area is 171 Å². The third kappa shape index (κ3) is 3.12. The molecule has 1 N–H and O–H groups in total. The van der Waals surface area contributed by atoms with E-state index in [0.29, 0.717) is 35.6 Å². The van der Waals surface area contributed by atoms with Gasteiger partial charge in [0.2, 0.25) is 5.91 Å². The molecule has 1 saturated heterocycles. The predicted molar refractivity (Wildman–Crippen MR) is 108 cm³/mol. The van der Waals surface area contributed by atoms with E-state index in [1.54, 1.807) is 24.3 Å². The van der Waals surface area contributed by atoms with Gasteiger partial charge < -0.3 is 5.32 Å². The van der Waals surface area contributed by atoms with E-state index >= 15 is 0 Å². The smallest absolute Gasteiger partial charge is 0.304 e. The van der Waals surface area contributed by atoms with Gasteiger partial charge in [-0.05, 0) is 67.9 Å². The van der Waals surface area contributed by atoms with Crippen molar-refractivity contribution in [3.8, 4) is 0 Å². The highest BCUT2D eigenvalue weighted by molar-refractivity contribution is 7.90. The summed E-state index contributed by atoms with van der Waals surface area (Å²) >= 11 is 6.18. The summed E-state index contributed by atoms with van der Waals surface area (Å²) in [5, 5.41) is 3.60. The number of amides is 1. The summed E-state index contributed by atoms with van der Waals surface area (Å²) in [6.45, 7) is 0.478. The van der Waals surface area contributed by atoms with Gasteiger partial charge in [0.15, 0.2) is 0 Å². The summed E-state index contributed by atoms with van der Waals surface area (Å²) in [6.07, 6.45) is 6.26. The van der Waals surface area contributed by atoms with Gasteiger partial charge in [-0.1, -0.05) is 23.7 Å². The number of hydrogen-bond donors (Lipinski definition) is 1. The third-order valence-electron chi connectivity index (χ3n) is 7.15. The van der Waals surface area contributed by atoms with Gasteiger partial charge in [-0.15, -0.1) is 0 Å². The van der Waals surface area contributed by atoms with Crippen molar-refractivity contribution >= 4 is 33.4 Å². The predicted octanol–water partition coefficient (Wildman–Crippen LogP) is 2.65. The molecule has 1 aliphatic heterocycles. The second-order valence-electron chi connectivity index (χ2n) is 8.89. The molecule has 5 fully saturated rings. The molecule has 4 saturated carbocycles. The number of halogens is 1. The number of nitrogens with one attached hydrogen (secondary N) is 1. The van der Waals surface area contributed by atoms with Gasteiger partial charge >= 0.3 is 10.2 Å². The van der Waals surface area contributed by atoms with E-state index in [9.17, 15) is 13.2 Å². The molecule has 4 aliphatic carbocycles. The third-order valence-corrected chi connectivity index (χ3v) is 9.37. The lowest BCUT2D eigenvalue weighted by Gasteiger charge is -2.54. The molecule has 152 valence electrons. The zero-order chi connectivity index (χ0) is 19.5. The topological polar surface area (TPSA) is 69.7 Å². The van der Waals surface area contributed by atoms with Crippen molar-refractivity contribution in [2.45, 2.75) is 38.1 Å². The highest BCUT2D eigenvalue weighted by atomic mass is 35.5. The van der Waals surface area contributed by atoms with E-state index < -0.39 is 10.2 Å². The van der Waals surface area contributed by atoms with Crippen molar-refractivity contribution < 1.29 is 13.2 Å². The van der Waals surface area contributed by atoms with Gasteiger partial charge in [0.05, 0.1) is 17.3 Å². The number of carbonyl (C=O) groups excluding carboxylic acids is 1. The maximum Gasteiger partial charge on any atom is 0.304 e. The van der Waals surface area contributed by atoms with Crippen LogP contribution in [0.4, 0.5) is 5.69 Å². The van der Waals surface area contributed by atoms with Crippen LogP contribution in [-0.2, 0) is 15.0 Å². The molecule has 0 spiro atoms. The lowest BCUT2D eigenvalue weighted by molar-refractivity contribution is -0.125. The van der Waals surface area contributed by atoms with Crippen LogP contribution in [0.15, 0.2) is 24.3 Å². The first-order valence-electron chi connectivity index (χ1n) is 10.2. The summed E-state index contributed by atoms with van der Waals surface area (Å²) in [7, 11) is -3.74. The average Bonchev–Trinajstić information content (AvgIpc) is 2.92. The highest BCUT2D eigenvalue weighted by Gasteiger charge is 2.49. The van der Waals surface area contributed by atoms with Crippen LogP contribution in [0, 0.1) is 23.7 Å². The molecular formula is C20H26ClN3O3S. The number of carbonyl (C=O) groups is 1. The van der Waals surface area contributed by atoms with Gasteiger partial charge in [-0.25, -0.2) is 0 Å². The Morgan fingerprint density at radius 3 is 2.32 bits per heavy atom. The van der Waals surface area contributed by atoms with Crippen LogP contribution in [-0.4, -0.2) is 44.3 Å². The number of para-hydroxylation sites is 1. The largest absolute Gasteiger partial charge is 0.352 e. The first kappa shape index (κ1) is 18.7. The number of rotatable bonds is 4. The van der Waals surface area contributed by atoms with Crippen LogP contribution in [0.25, 0.3) is 0 Å². The summed E-state index contributed by atoms with van der Waals surface area (Å²) in [5.74, 6) is 2.67. The average molecular weight is 424 g/mol. The molecule has 0 aromatic heterocycles. The van der Waals surface area contributed by atoms with E-state index in [1.807, 2.05) is 0 Å². The van der Waals surface area contributed by atoms with Crippen molar-refractivity contribution in [3.63, 3.8) is 0 Å². The van der Waals surface area contributed by atoms with E-state index in [1.165, 1.54) is 40.7 Å². The molecule has 5 aliphatic rings. The van der Waals surface area contributed by atoms with Crippen LogP contribution in [0.5, 0.6) is 0 Å². The Morgan fingerprint density at radius 1 is 1.04 bits per heavy atom. The number of anilines is 1. The zero-order valence-electron chi connectivity index (χ0n) is 15.8. The van der Waals surface area contributed by atoms with Crippen molar-refractivity contribution in [1.82, 2.24) is 9.62 Å². The summed E-state index contributed by atoms with van der Waals surface area (Å²) < 4.78 is 28.4. The Kier molecular flexibility index (Phi) is 4.60. The Morgan fingerprint density at radius 2 is 1.68 bits per heavy atom. The normalized spacial score (nSPS) is 36.0. The van der Waals surface area contributed by atoms with Crippen molar-refractivity contribution in [2.75, 3.05) is 23.9 Å². The minimum atomic E-state index is -3.74. The maximum atomic E-state index is 12.9. The summed E-state index contributed by atoms with van der Waals surface area (Å²) in [4.78, 5) is 12.7. The van der Waals surface area contributed by atoms with E-state index in [4.69, 9.17) is 11.6 Å². The highest BCUT2D eigenvalue weighted by Crippen LogP contribution is 2.53. The minimum Gasteiger partial charge on any atom is -0.352 e. The summed E-state index contributed by atoms with van der Waals surface area (Å²) in [6, 6.07) is 7.13. The van der Waals surface area contributed by atoms with E-state index in [2.05, 4.69) is 5.32 Å². The Balaban J connectivity index is 1.25. The molecule has 1 amide bonds. The molecule has 0 radical (unpaired) electrons. The van der Waals surface area contributed by atoms with E-state index in [-0.39, 0.29) is 18.5 Å². The lowest BCUT2D eigenvalue weighted by Crippen LogP contribution is -2.57. The van der Waals surface area contributed by atoms with Gasteiger partial charge in [0, 0.05) is 19.1 Å². The second kappa shape index (κ2) is 6.89. The van der Waals surface area contributed by atoms with Crippen LogP contribution < -0.4 is 9.62 Å². The van der Waals surface area contributed by atoms with Gasteiger partial charge in [0.1, 0.15) is 0 Å². The SMILES string of the molecule is O=C(CN1CCN(c2ccccc2Cl)S1(=O)=O)NC1C2CC3CC(C2)CC1C3. The second-order valence-corrected chi connectivity index (χ2v) is 11.1. The molecule has 1 aromatic rings. The molecule has 1 heterocycles. The molecule has 4 bridgehead atoms. The molecule has 0 unspecified atom stereocenters. The fraction of sp³-hybridized carbons (Fsp3) is 0.650. The van der Waals surface area contributed by atoms with Crippen molar-refractivity contribution in [2.24, 2.45) is 23.7 Å². The standard InChI is InChI=1S/C20H26ClN3O3S/c21-17-3-1-2-4-18(17)24-6-5-23(28(24,26)27)12-19(25)22-20-15-8-13-7-14(10-15)11-16(20)9-13/h1-4,13-16,20H,5-12H2,(H,22,25). The zero-order valence-corrected chi connectivity index (χ0v) is 17.3. The number of hydrogen-bond acceptors (Lipinski definition) is 3. The first-order chi connectivity index (χ1) is 13.4. The summed E-state index contributed by atoms with van der Waals surface area (Å²) in [5.41, 5.74) is 0.466. The molecule has 8 heteroatoms. The molecule has 6 rings (SSSR count). The minimum absolute atomic E-state index is 0.119. The fourth-order valence-corrected chi connectivity index (χ4v) is 8.06.